The number of nitrogens with two attached hydrogens (primary N) is 1. The Bertz CT molecular complexity index is 437. The molecule has 2 aromatic rings. The first-order valence-corrected chi connectivity index (χ1v) is 4.55. The van der Waals surface area contributed by atoms with Gasteiger partial charge in [0.25, 0.3) is 0 Å². The lowest BCUT2D eigenvalue weighted by Gasteiger charge is -2.06. The van der Waals surface area contributed by atoms with Crippen LogP contribution in [0.15, 0.2) is 24.4 Å². The van der Waals surface area contributed by atoms with E-state index in [0.29, 0.717) is 5.95 Å². The highest BCUT2D eigenvalue weighted by molar-refractivity contribution is 5.67. The van der Waals surface area contributed by atoms with Gasteiger partial charge in [-0.1, -0.05) is 18.2 Å². The van der Waals surface area contributed by atoms with Crippen LogP contribution in [0.2, 0.25) is 0 Å². The summed E-state index contributed by atoms with van der Waals surface area (Å²) in [6.45, 7) is 4.17. The van der Waals surface area contributed by atoms with Gasteiger partial charge in [-0.25, -0.2) is 4.98 Å². The number of hydrogen-bond donors (Lipinski definition) is 2. The number of imidazole rings is 1. The van der Waals surface area contributed by atoms with Crippen LogP contribution in [-0.4, -0.2) is 9.97 Å². The van der Waals surface area contributed by atoms with Crippen molar-refractivity contribution in [3.8, 4) is 11.3 Å². The Labute approximate surface area is 83.0 Å². The van der Waals surface area contributed by atoms with E-state index < -0.39 is 0 Å². The van der Waals surface area contributed by atoms with Gasteiger partial charge in [0.1, 0.15) is 0 Å². The van der Waals surface area contributed by atoms with Crippen molar-refractivity contribution in [1.82, 2.24) is 9.97 Å². The molecule has 0 radical (unpaired) electrons. The zero-order valence-corrected chi connectivity index (χ0v) is 8.33. The second-order valence-corrected chi connectivity index (χ2v) is 3.45. The van der Waals surface area contributed by atoms with E-state index in [1.54, 1.807) is 6.20 Å². The van der Waals surface area contributed by atoms with Crippen LogP contribution in [0.4, 0.5) is 5.95 Å². The monoisotopic (exact) mass is 187 g/mol. The molecule has 0 unspecified atom stereocenters. The average Bonchev–Trinajstić information content (AvgIpc) is 2.51. The van der Waals surface area contributed by atoms with Crippen molar-refractivity contribution in [3.63, 3.8) is 0 Å². The lowest BCUT2D eigenvalue weighted by atomic mass is 10.0. The second-order valence-electron chi connectivity index (χ2n) is 3.45. The molecular weight excluding hydrogens is 174 g/mol. The predicted molar refractivity (Wildman–Crippen MR) is 57.9 cm³/mol. The van der Waals surface area contributed by atoms with Crippen LogP contribution in [0.5, 0.6) is 0 Å². The highest BCUT2D eigenvalue weighted by Crippen LogP contribution is 2.25. The Morgan fingerprint density at radius 2 is 1.86 bits per heavy atom. The molecule has 3 nitrogen and oxygen atoms in total. The predicted octanol–water partition coefficient (Wildman–Crippen LogP) is 2.28. The number of nitrogens with zero attached hydrogens (tertiary/aromatic N) is 1. The molecule has 0 fully saturated rings. The van der Waals surface area contributed by atoms with Gasteiger partial charge in [0, 0.05) is 5.56 Å². The van der Waals surface area contributed by atoms with Crippen LogP contribution < -0.4 is 5.73 Å². The molecule has 0 amide bonds. The Hall–Kier alpha value is -1.77. The summed E-state index contributed by atoms with van der Waals surface area (Å²) in [5.41, 5.74) is 10.2. The Morgan fingerprint density at radius 1 is 1.21 bits per heavy atom. The number of aromatic amines is 1. The Balaban J connectivity index is 2.61. The molecule has 3 N–H and O–H groups in total. The summed E-state index contributed by atoms with van der Waals surface area (Å²) >= 11 is 0. The fourth-order valence-electron chi connectivity index (χ4n) is 1.70. The third-order valence-electron chi connectivity index (χ3n) is 2.35. The van der Waals surface area contributed by atoms with E-state index in [1.165, 1.54) is 16.7 Å². The van der Waals surface area contributed by atoms with Gasteiger partial charge in [-0.05, 0) is 25.0 Å². The van der Waals surface area contributed by atoms with Crippen LogP contribution in [0, 0.1) is 13.8 Å². The minimum atomic E-state index is 0.461. The van der Waals surface area contributed by atoms with Crippen molar-refractivity contribution in [2.45, 2.75) is 13.8 Å². The van der Waals surface area contributed by atoms with E-state index in [2.05, 4.69) is 35.9 Å². The van der Waals surface area contributed by atoms with Crippen LogP contribution >= 0.6 is 0 Å². The second kappa shape index (κ2) is 3.18. The number of nitrogen functional groups attached to an aromatic ring is 1. The van der Waals surface area contributed by atoms with Gasteiger partial charge in [0.05, 0.1) is 11.9 Å². The molecule has 0 aliphatic carbocycles. The van der Waals surface area contributed by atoms with Crippen LogP contribution in [0.1, 0.15) is 11.1 Å². The molecule has 1 heterocycles. The molecule has 0 spiro atoms. The van der Waals surface area contributed by atoms with E-state index in [4.69, 9.17) is 5.73 Å². The summed E-state index contributed by atoms with van der Waals surface area (Å²) in [6, 6.07) is 6.21. The molecule has 0 bridgehead atoms. The van der Waals surface area contributed by atoms with Gasteiger partial charge in [-0.2, -0.15) is 0 Å². The molecule has 1 aromatic heterocycles. The molecule has 0 atom stereocenters. The van der Waals surface area contributed by atoms with Gasteiger partial charge in [-0.15, -0.1) is 0 Å². The lowest BCUT2D eigenvalue weighted by Crippen LogP contribution is -1.89. The number of aryl methyl sites for hydroxylation is 2. The van der Waals surface area contributed by atoms with Crippen molar-refractivity contribution >= 4 is 5.95 Å². The summed E-state index contributed by atoms with van der Waals surface area (Å²) in [5.74, 6) is 0.461. The van der Waals surface area contributed by atoms with Crippen molar-refractivity contribution in [2.24, 2.45) is 0 Å². The highest BCUT2D eigenvalue weighted by atomic mass is 15.0. The standard InChI is InChI=1S/C11H13N3/c1-7-4-3-5-8(2)10(7)9-6-13-11(12)14-9/h3-6H,1-2H3,(H3,12,13,14). The molecule has 72 valence electrons. The average molecular weight is 187 g/mol. The normalized spacial score (nSPS) is 10.4. The van der Waals surface area contributed by atoms with E-state index in [1.807, 2.05) is 6.07 Å². The van der Waals surface area contributed by atoms with Crippen LogP contribution in [0.3, 0.4) is 0 Å². The Morgan fingerprint density at radius 3 is 2.36 bits per heavy atom. The molecular formula is C11H13N3. The minimum absolute atomic E-state index is 0.461. The maximum atomic E-state index is 5.55. The SMILES string of the molecule is Cc1cccc(C)c1-c1cnc(N)[nH]1. The number of rotatable bonds is 1. The maximum absolute atomic E-state index is 5.55. The first-order chi connectivity index (χ1) is 6.68. The summed E-state index contributed by atoms with van der Waals surface area (Å²) in [4.78, 5) is 7.04. The van der Waals surface area contributed by atoms with E-state index in [0.717, 1.165) is 5.69 Å². The lowest BCUT2D eigenvalue weighted by molar-refractivity contribution is 1.31. The molecule has 1 aromatic carbocycles. The number of anilines is 1. The van der Waals surface area contributed by atoms with Crippen LogP contribution in [-0.2, 0) is 0 Å². The number of benzene rings is 1. The topological polar surface area (TPSA) is 54.7 Å². The summed E-state index contributed by atoms with van der Waals surface area (Å²) < 4.78 is 0. The first kappa shape index (κ1) is 8.81. The molecule has 0 aliphatic rings. The highest BCUT2D eigenvalue weighted by Gasteiger charge is 2.06. The first-order valence-electron chi connectivity index (χ1n) is 4.55. The number of nitrogens with one attached hydrogen (secondary N) is 1. The van der Waals surface area contributed by atoms with Crippen molar-refractivity contribution in [3.05, 3.63) is 35.5 Å². The van der Waals surface area contributed by atoms with Gasteiger partial charge >= 0.3 is 0 Å². The molecule has 14 heavy (non-hydrogen) atoms. The zero-order chi connectivity index (χ0) is 10.1. The number of hydrogen-bond acceptors (Lipinski definition) is 2. The number of aromatic nitrogens is 2. The Kier molecular flexibility index (Phi) is 2.00. The maximum Gasteiger partial charge on any atom is 0.197 e. The van der Waals surface area contributed by atoms with Gasteiger partial charge in [-0.3, -0.25) is 0 Å². The largest absolute Gasteiger partial charge is 0.369 e. The van der Waals surface area contributed by atoms with Crippen molar-refractivity contribution < 1.29 is 0 Å². The van der Waals surface area contributed by atoms with Gasteiger partial charge in [0.2, 0.25) is 0 Å². The van der Waals surface area contributed by atoms with Crippen LogP contribution in [0.25, 0.3) is 11.3 Å². The molecule has 2 rings (SSSR count). The van der Waals surface area contributed by atoms with Crippen molar-refractivity contribution in [1.29, 1.82) is 0 Å². The fraction of sp³-hybridized carbons (Fsp3) is 0.182. The van der Waals surface area contributed by atoms with Gasteiger partial charge in [0.15, 0.2) is 5.95 Å². The van der Waals surface area contributed by atoms with Gasteiger partial charge < -0.3 is 10.7 Å². The smallest absolute Gasteiger partial charge is 0.197 e. The number of H-pyrrole nitrogens is 1. The third kappa shape index (κ3) is 1.37. The summed E-state index contributed by atoms with van der Waals surface area (Å²) in [5, 5.41) is 0. The molecule has 0 saturated carbocycles. The van der Waals surface area contributed by atoms with Crippen molar-refractivity contribution in [2.75, 3.05) is 5.73 Å². The third-order valence-corrected chi connectivity index (χ3v) is 2.35. The fourth-order valence-corrected chi connectivity index (χ4v) is 1.70. The van der Waals surface area contributed by atoms with E-state index in [-0.39, 0.29) is 0 Å². The summed E-state index contributed by atoms with van der Waals surface area (Å²) in [6.07, 6.45) is 1.77. The molecule has 0 aliphatic heterocycles. The summed E-state index contributed by atoms with van der Waals surface area (Å²) in [7, 11) is 0. The quantitative estimate of drug-likeness (QED) is 0.719. The minimum Gasteiger partial charge on any atom is -0.369 e. The molecule has 0 saturated heterocycles. The van der Waals surface area contributed by atoms with E-state index >= 15 is 0 Å². The van der Waals surface area contributed by atoms with E-state index in [9.17, 15) is 0 Å². The zero-order valence-electron chi connectivity index (χ0n) is 8.33. The molecule has 3 heteroatoms.